The van der Waals surface area contributed by atoms with Crippen molar-refractivity contribution in [1.29, 1.82) is 0 Å². The SMILES string of the molecule is C#CC(C)(C)NC(=O)C1(N)CCCC(C)C1. The molecule has 0 saturated heterocycles. The topological polar surface area (TPSA) is 55.1 Å². The minimum Gasteiger partial charge on any atom is -0.339 e. The molecule has 3 nitrogen and oxygen atoms in total. The Morgan fingerprint density at radius 3 is 2.75 bits per heavy atom. The number of carbonyl (C=O) groups excluding carboxylic acids is 1. The summed E-state index contributed by atoms with van der Waals surface area (Å²) in [4.78, 5) is 12.1. The monoisotopic (exact) mass is 222 g/mol. The van der Waals surface area contributed by atoms with Gasteiger partial charge >= 0.3 is 0 Å². The molecule has 1 aliphatic carbocycles. The van der Waals surface area contributed by atoms with Crippen molar-refractivity contribution in [3.05, 3.63) is 0 Å². The third-order valence-corrected chi connectivity index (χ3v) is 3.27. The Kier molecular flexibility index (Phi) is 3.64. The van der Waals surface area contributed by atoms with Crippen molar-refractivity contribution in [3.8, 4) is 12.3 Å². The highest BCUT2D eigenvalue weighted by atomic mass is 16.2. The van der Waals surface area contributed by atoms with Crippen molar-refractivity contribution < 1.29 is 4.79 Å². The molecule has 0 bridgehead atoms. The summed E-state index contributed by atoms with van der Waals surface area (Å²) >= 11 is 0. The predicted octanol–water partition coefficient (Wildman–Crippen LogP) is 1.42. The second kappa shape index (κ2) is 4.47. The molecule has 2 atom stereocenters. The Labute approximate surface area is 98.2 Å². The van der Waals surface area contributed by atoms with Crippen LogP contribution < -0.4 is 11.1 Å². The van der Waals surface area contributed by atoms with Crippen LogP contribution in [0.5, 0.6) is 0 Å². The normalized spacial score (nSPS) is 30.6. The van der Waals surface area contributed by atoms with Crippen LogP contribution >= 0.6 is 0 Å². The largest absolute Gasteiger partial charge is 0.339 e. The number of hydrogen-bond donors (Lipinski definition) is 2. The van der Waals surface area contributed by atoms with Gasteiger partial charge in [0.1, 0.15) is 0 Å². The van der Waals surface area contributed by atoms with Gasteiger partial charge in [0, 0.05) is 0 Å². The number of terminal acetylenes is 1. The molecule has 1 saturated carbocycles. The van der Waals surface area contributed by atoms with Crippen molar-refractivity contribution in [2.45, 2.75) is 57.5 Å². The molecule has 0 heterocycles. The van der Waals surface area contributed by atoms with Gasteiger partial charge in [-0.15, -0.1) is 6.42 Å². The molecule has 2 unspecified atom stereocenters. The molecular formula is C13H22N2O. The maximum Gasteiger partial charge on any atom is 0.241 e. The van der Waals surface area contributed by atoms with Crippen molar-refractivity contribution in [2.24, 2.45) is 11.7 Å². The van der Waals surface area contributed by atoms with Crippen LogP contribution in [0.1, 0.15) is 46.5 Å². The van der Waals surface area contributed by atoms with Crippen LogP contribution in [-0.4, -0.2) is 17.0 Å². The molecule has 1 aliphatic rings. The summed E-state index contributed by atoms with van der Waals surface area (Å²) in [6.45, 7) is 5.75. The summed E-state index contributed by atoms with van der Waals surface area (Å²) in [5, 5.41) is 2.84. The number of nitrogens with two attached hydrogens (primary N) is 1. The molecule has 1 rings (SSSR count). The molecule has 0 aliphatic heterocycles. The summed E-state index contributed by atoms with van der Waals surface area (Å²) in [6.07, 6.45) is 9.03. The summed E-state index contributed by atoms with van der Waals surface area (Å²) in [5.41, 5.74) is 4.82. The lowest BCUT2D eigenvalue weighted by molar-refractivity contribution is -0.129. The summed E-state index contributed by atoms with van der Waals surface area (Å²) < 4.78 is 0. The van der Waals surface area contributed by atoms with Crippen LogP contribution in [0.15, 0.2) is 0 Å². The average Bonchev–Trinajstić information content (AvgIpc) is 2.16. The van der Waals surface area contributed by atoms with Crippen LogP contribution in [0.25, 0.3) is 0 Å². The van der Waals surface area contributed by atoms with Gasteiger partial charge in [-0.3, -0.25) is 4.79 Å². The standard InChI is InChI=1S/C13H22N2O/c1-5-12(3,4)15-11(16)13(14)8-6-7-10(2)9-13/h1,10H,6-9,14H2,2-4H3,(H,15,16). The number of nitrogens with one attached hydrogen (secondary N) is 1. The van der Waals surface area contributed by atoms with Gasteiger partial charge in [-0.2, -0.15) is 0 Å². The smallest absolute Gasteiger partial charge is 0.241 e. The minimum atomic E-state index is -0.730. The summed E-state index contributed by atoms with van der Waals surface area (Å²) in [7, 11) is 0. The Morgan fingerprint density at radius 1 is 1.62 bits per heavy atom. The van der Waals surface area contributed by atoms with Gasteiger partial charge in [0.25, 0.3) is 0 Å². The first-order valence-corrected chi connectivity index (χ1v) is 5.88. The third-order valence-electron chi connectivity index (χ3n) is 3.27. The van der Waals surface area contributed by atoms with E-state index in [1.54, 1.807) is 13.8 Å². The molecule has 0 aromatic rings. The second-order valence-electron chi connectivity index (χ2n) is 5.58. The van der Waals surface area contributed by atoms with E-state index in [1.807, 2.05) is 0 Å². The fraction of sp³-hybridized carbons (Fsp3) is 0.769. The number of hydrogen-bond acceptors (Lipinski definition) is 2. The average molecular weight is 222 g/mol. The zero-order chi connectivity index (χ0) is 12.4. The molecule has 1 amide bonds. The van der Waals surface area contributed by atoms with Crippen LogP contribution in [0.3, 0.4) is 0 Å². The minimum absolute atomic E-state index is 0.109. The first-order chi connectivity index (χ1) is 7.29. The zero-order valence-corrected chi connectivity index (χ0v) is 10.5. The Balaban J connectivity index is 2.69. The van der Waals surface area contributed by atoms with Gasteiger partial charge in [0.15, 0.2) is 0 Å². The number of amides is 1. The van der Waals surface area contributed by atoms with Crippen molar-refractivity contribution >= 4 is 5.91 Å². The lowest BCUT2D eigenvalue weighted by atomic mass is 9.76. The van der Waals surface area contributed by atoms with Gasteiger partial charge in [-0.25, -0.2) is 0 Å². The lowest BCUT2D eigenvalue weighted by Gasteiger charge is -2.37. The maximum absolute atomic E-state index is 12.1. The molecule has 3 heteroatoms. The van der Waals surface area contributed by atoms with E-state index in [0.29, 0.717) is 5.92 Å². The van der Waals surface area contributed by atoms with E-state index in [2.05, 4.69) is 18.2 Å². The second-order valence-corrected chi connectivity index (χ2v) is 5.58. The van der Waals surface area contributed by atoms with Gasteiger partial charge in [-0.1, -0.05) is 25.7 Å². The third kappa shape index (κ3) is 2.99. The zero-order valence-electron chi connectivity index (χ0n) is 10.5. The Bertz CT molecular complexity index is 316. The molecule has 0 radical (unpaired) electrons. The van der Waals surface area contributed by atoms with Crippen LogP contribution in [0, 0.1) is 18.3 Å². The van der Waals surface area contributed by atoms with Gasteiger partial charge in [0.05, 0.1) is 11.1 Å². The highest BCUT2D eigenvalue weighted by Gasteiger charge is 2.39. The molecular weight excluding hydrogens is 200 g/mol. The maximum atomic E-state index is 12.1. The van der Waals surface area contributed by atoms with Crippen molar-refractivity contribution in [3.63, 3.8) is 0 Å². The van der Waals surface area contributed by atoms with E-state index >= 15 is 0 Å². The van der Waals surface area contributed by atoms with E-state index in [-0.39, 0.29) is 5.91 Å². The molecule has 0 aromatic carbocycles. The fourth-order valence-electron chi connectivity index (χ4n) is 2.24. The molecule has 0 aromatic heterocycles. The van der Waals surface area contributed by atoms with Crippen LogP contribution in [0.4, 0.5) is 0 Å². The van der Waals surface area contributed by atoms with Gasteiger partial charge in [0.2, 0.25) is 5.91 Å². The number of rotatable bonds is 2. The summed E-state index contributed by atoms with van der Waals surface area (Å²) in [6, 6.07) is 0. The van der Waals surface area contributed by atoms with E-state index in [9.17, 15) is 4.79 Å². The van der Waals surface area contributed by atoms with Crippen molar-refractivity contribution in [1.82, 2.24) is 5.32 Å². The summed E-state index contributed by atoms with van der Waals surface area (Å²) in [5.74, 6) is 2.96. The van der Waals surface area contributed by atoms with Gasteiger partial charge in [-0.05, 0) is 32.6 Å². The highest BCUT2D eigenvalue weighted by molar-refractivity contribution is 5.87. The molecule has 90 valence electrons. The predicted molar refractivity (Wildman–Crippen MR) is 65.6 cm³/mol. The van der Waals surface area contributed by atoms with E-state index in [1.165, 1.54) is 0 Å². The Hall–Kier alpha value is -1.01. The molecule has 3 N–H and O–H groups in total. The molecule has 16 heavy (non-hydrogen) atoms. The first-order valence-electron chi connectivity index (χ1n) is 5.88. The molecule has 0 spiro atoms. The van der Waals surface area contributed by atoms with Crippen molar-refractivity contribution in [2.75, 3.05) is 0 Å². The fourth-order valence-corrected chi connectivity index (χ4v) is 2.24. The van der Waals surface area contributed by atoms with E-state index < -0.39 is 11.1 Å². The first kappa shape index (κ1) is 13.1. The van der Waals surface area contributed by atoms with E-state index in [0.717, 1.165) is 25.7 Å². The lowest BCUT2D eigenvalue weighted by Crippen LogP contribution is -2.60. The Morgan fingerprint density at radius 2 is 2.25 bits per heavy atom. The van der Waals surface area contributed by atoms with Gasteiger partial charge < -0.3 is 11.1 Å². The van der Waals surface area contributed by atoms with Crippen LogP contribution in [-0.2, 0) is 4.79 Å². The number of carbonyl (C=O) groups is 1. The van der Waals surface area contributed by atoms with Crippen LogP contribution in [0.2, 0.25) is 0 Å². The molecule has 1 fully saturated rings. The highest BCUT2D eigenvalue weighted by Crippen LogP contribution is 2.30. The quantitative estimate of drug-likeness (QED) is 0.694. The van der Waals surface area contributed by atoms with E-state index in [4.69, 9.17) is 12.2 Å².